The molecule has 2 rings (SSSR count). The molecule has 1 saturated heterocycles. The zero-order chi connectivity index (χ0) is 14.8. The van der Waals surface area contributed by atoms with Gasteiger partial charge < -0.3 is 4.74 Å². The molecule has 1 aromatic rings. The molecule has 2 amide bonds. The highest BCUT2D eigenvalue weighted by molar-refractivity contribution is 6.00. The average Bonchev–Trinajstić information content (AvgIpc) is 2.78. The number of nitrogens with zero attached hydrogens (tertiary/aromatic N) is 1. The number of amides is 2. The van der Waals surface area contributed by atoms with Gasteiger partial charge in [-0.1, -0.05) is 30.3 Å². The maximum atomic E-state index is 12.0. The molecule has 0 radical (unpaired) electrons. The molecule has 1 heterocycles. The van der Waals surface area contributed by atoms with E-state index in [9.17, 15) is 22.8 Å². The Bertz CT molecular complexity index is 540. The molecule has 20 heavy (non-hydrogen) atoms. The molecule has 1 aliphatic rings. The van der Waals surface area contributed by atoms with Gasteiger partial charge in [0, 0.05) is 12.2 Å². The Kier molecular flexibility index (Phi) is 3.78. The Hall–Kier alpha value is -2.31. The minimum Gasteiger partial charge on any atom is -0.446 e. The van der Waals surface area contributed by atoms with Gasteiger partial charge in [0.1, 0.15) is 12.6 Å². The van der Waals surface area contributed by atoms with Crippen LogP contribution in [-0.2, 0) is 9.53 Å². The second kappa shape index (κ2) is 5.36. The van der Waals surface area contributed by atoms with Crippen LogP contribution >= 0.6 is 0 Å². The number of rotatable bonds is 2. The van der Waals surface area contributed by atoms with Crippen molar-refractivity contribution in [3.05, 3.63) is 48.0 Å². The number of benzene rings is 1. The summed E-state index contributed by atoms with van der Waals surface area (Å²) in [6.07, 6.45) is -5.44. The van der Waals surface area contributed by atoms with Crippen LogP contribution in [-0.4, -0.2) is 29.7 Å². The second-order valence-electron chi connectivity index (χ2n) is 4.09. The van der Waals surface area contributed by atoms with Crippen molar-refractivity contribution in [1.29, 1.82) is 0 Å². The lowest BCUT2D eigenvalue weighted by molar-refractivity contribution is -0.125. The molecule has 106 valence electrons. The fourth-order valence-electron chi connectivity index (χ4n) is 1.83. The van der Waals surface area contributed by atoms with Crippen molar-refractivity contribution in [3.63, 3.8) is 0 Å². The summed E-state index contributed by atoms with van der Waals surface area (Å²) in [5.74, 6) is -1.06. The van der Waals surface area contributed by atoms with Crippen molar-refractivity contribution in [2.24, 2.45) is 0 Å². The molecule has 1 aromatic carbocycles. The zero-order valence-corrected chi connectivity index (χ0v) is 10.1. The number of halogens is 3. The van der Waals surface area contributed by atoms with E-state index < -0.39 is 24.2 Å². The minimum atomic E-state index is -4.61. The third-order valence-electron chi connectivity index (χ3n) is 2.71. The lowest BCUT2D eigenvalue weighted by Crippen LogP contribution is -2.33. The number of carbonyl (C=O) groups is 2. The number of hydrogen-bond acceptors (Lipinski definition) is 3. The van der Waals surface area contributed by atoms with E-state index in [0.717, 1.165) is 0 Å². The first-order valence-corrected chi connectivity index (χ1v) is 5.69. The summed E-state index contributed by atoms with van der Waals surface area (Å²) in [6, 6.07) is 7.77. The SMILES string of the molecule is O=C(/C=C/C(F)(F)F)N1C(=O)OC[C@@H]1c1ccccc1. The molecule has 1 fully saturated rings. The summed E-state index contributed by atoms with van der Waals surface area (Å²) < 4.78 is 40.9. The quantitative estimate of drug-likeness (QED) is 0.785. The Balaban J connectivity index is 2.21. The monoisotopic (exact) mass is 285 g/mol. The first kappa shape index (κ1) is 14.1. The lowest BCUT2D eigenvalue weighted by atomic mass is 10.1. The summed E-state index contributed by atoms with van der Waals surface area (Å²) in [5, 5.41) is 0. The van der Waals surface area contributed by atoms with Crippen molar-refractivity contribution in [2.75, 3.05) is 6.61 Å². The molecule has 0 bridgehead atoms. The highest BCUT2D eigenvalue weighted by atomic mass is 19.4. The van der Waals surface area contributed by atoms with Crippen LogP contribution in [0.5, 0.6) is 0 Å². The first-order valence-electron chi connectivity index (χ1n) is 5.69. The molecule has 0 aromatic heterocycles. The number of cyclic esters (lactones) is 1. The minimum absolute atomic E-state index is 0.0750. The maximum Gasteiger partial charge on any atom is 0.417 e. The third-order valence-corrected chi connectivity index (χ3v) is 2.71. The van der Waals surface area contributed by atoms with Gasteiger partial charge in [0.05, 0.1) is 0 Å². The molecule has 0 spiro atoms. The van der Waals surface area contributed by atoms with Crippen LogP contribution in [0.4, 0.5) is 18.0 Å². The van der Waals surface area contributed by atoms with Gasteiger partial charge in [0.25, 0.3) is 5.91 Å². The summed E-state index contributed by atoms with van der Waals surface area (Å²) in [5.41, 5.74) is 0.618. The maximum absolute atomic E-state index is 12.0. The highest BCUT2D eigenvalue weighted by Crippen LogP contribution is 2.28. The zero-order valence-electron chi connectivity index (χ0n) is 10.1. The topological polar surface area (TPSA) is 46.6 Å². The standard InChI is InChI=1S/C13H10F3NO3/c14-13(15,16)7-6-11(18)17-10(8-20-12(17)19)9-4-2-1-3-5-9/h1-7,10H,8H2/b7-6+/t10-/m1/s1. The van der Waals surface area contributed by atoms with Crippen molar-refractivity contribution in [2.45, 2.75) is 12.2 Å². The van der Waals surface area contributed by atoms with E-state index in [-0.39, 0.29) is 12.7 Å². The van der Waals surface area contributed by atoms with Gasteiger partial charge >= 0.3 is 12.3 Å². The van der Waals surface area contributed by atoms with Crippen molar-refractivity contribution in [1.82, 2.24) is 4.90 Å². The van der Waals surface area contributed by atoms with Gasteiger partial charge in [0.15, 0.2) is 0 Å². The molecular weight excluding hydrogens is 275 g/mol. The van der Waals surface area contributed by atoms with E-state index in [1.54, 1.807) is 30.3 Å². The van der Waals surface area contributed by atoms with E-state index in [0.29, 0.717) is 16.5 Å². The number of hydrogen-bond donors (Lipinski definition) is 0. The largest absolute Gasteiger partial charge is 0.446 e. The molecular formula is C13H10F3NO3. The summed E-state index contributed by atoms with van der Waals surface area (Å²) >= 11 is 0. The average molecular weight is 285 g/mol. The highest BCUT2D eigenvalue weighted by Gasteiger charge is 2.38. The molecule has 4 nitrogen and oxygen atoms in total. The summed E-state index contributed by atoms with van der Waals surface area (Å²) in [4.78, 5) is 23.9. The van der Waals surface area contributed by atoms with Gasteiger partial charge in [-0.3, -0.25) is 4.79 Å². The molecule has 0 N–H and O–H groups in total. The molecule has 0 saturated carbocycles. The molecule has 0 aliphatic carbocycles. The first-order chi connectivity index (χ1) is 9.38. The Morgan fingerprint density at radius 3 is 2.55 bits per heavy atom. The van der Waals surface area contributed by atoms with Crippen LogP contribution in [0.2, 0.25) is 0 Å². The Morgan fingerprint density at radius 1 is 1.30 bits per heavy atom. The smallest absolute Gasteiger partial charge is 0.417 e. The van der Waals surface area contributed by atoms with Crippen LogP contribution in [0.3, 0.4) is 0 Å². The fourth-order valence-corrected chi connectivity index (χ4v) is 1.83. The van der Waals surface area contributed by atoms with E-state index in [1.807, 2.05) is 0 Å². The van der Waals surface area contributed by atoms with Crippen LogP contribution in [0, 0.1) is 0 Å². The van der Waals surface area contributed by atoms with Gasteiger partial charge in [-0.15, -0.1) is 0 Å². The molecule has 1 aliphatic heterocycles. The number of ether oxygens (including phenoxy) is 1. The Labute approximate surface area is 112 Å². The van der Waals surface area contributed by atoms with E-state index in [4.69, 9.17) is 4.74 Å². The van der Waals surface area contributed by atoms with E-state index in [1.165, 1.54) is 0 Å². The number of carbonyl (C=O) groups excluding carboxylic acids is 2. The number of imide groups is 1. The van der Waals surface area contributed by atoms with Gasteiger partial charge in [-0.25, -0.2) is 9.69 Å². The van der Waals surface area contributed by atoms with Crippen LogP contribution in [0.25, 0.3) is 0 Å². The molecule has 0 unspecified atom stereocenters. The van der Waals surface area contributed by atoms with Gasteiger partial charge in [-0.2, -0.15) is 13.2 Å². The fraction of sp³-hybridized carbons (Fsp3) is 0.231. The summed E-state index contributed by atoms with van der Waals surface area (Å²) in [7, 11) is 0. The van der Waals surface area contributed by atoms with Crippen LogP contribution in [0.15, 0.2) is 42.5 Å². The molecule has 1 atom stereocenters. The van der Waals surface area contributed by atoms with Crippen molar-refractivity contribution in [3.8, 4) is 0 Å². The summed E-state index contributed by atoms with van der Waals surface area (Å²) in [6.45, 7) is -0.0750. The van der Waals surface area contributed by atoms with Crippen molar-refractivity contribution >= 4 is 12.0 Å². The predicted octanol–water partition coefficient (Wildman–Crippen LogP) is 2.83. The Morgan fingerprint density at radius 2 is 1.95 bits per heavy atom. The van der Waals surface area contributed by atoms with Crippen molar-refractivity contribution < 1.29 is 27.5 Å². The number of alkyl halides is 3. The lowest BCUT2D eigenvalue weighted by Gasteiger charge is -2.18. The van der Waals surface area contributed by atoms with Gasteiger partial charge in [0.2, 0.25) is 0 Å². The third kappa shape index (κ3) is 3.17. The van der Waals surface area contributed by atoms with E-state index >= 15 is 0 Å². The van der Waals surface area contributed by atoms with E-state index in [2.05, 4.69) is 0 Å². The van der Waals surface area contributed by atoms with Crippen LogP contribution < -0.4 is 0 Å². The molecule has 7 heteroatoms. The van der Waals surface area contributed by atoms with Gasteiger partial charge in [-0.05, 0) is 5.56 Å². The normalized spacial score (nSPS) is 19.4. The predicted molar refractivity (Wildman–Crippen MR) is 62.6 cm³/mol. The van der Waals surface area contributed by atoms with Crippen LogP contribution in [0.1, 0.15) is 11.6 Å². The number of allylic oxidation sites excluding steroid dienone is 1. The second-order valence-corrected chi connectivity index (χ2v) is 4.09.